The van der Waals surface area contributed by atoms with E-state index in [-0.39, 0.29) is 23.8 Å². The first-order valence-electron chi connectivity index (χ1n) is 15.7. The third kappa shape index (κ3) is 6.35. The Morgan fingerprint density at radius 2 is 1.75 bits per heavy atom. The maximum atomic E-state index is 14.7. The van der Waals surface area contributed by atoms with Crippen LogP contribution in [0.2, 0.25) is 5.02 Å². The molecule has 2 N–H and O–H groups in total. The first-order chi connectivity index (χ1) is 21.3. The Kier molecular flexibility index (Phi) is 8.96. The number of hydrogen-bond acceptors (Lipinski definition) is 3. The number of carbonyl (C=O) groups is 2. The van der Waals surface area contributed by atoms with E-state index >= 15 is 0 Å². The third-order valence-electron chi connectivity index (χ3n) is 9.38. The Labute approximate surface area is 265 Å². The van der Waals surface area contributed by atoms with E-state index in [1.54, 1.807) is 0 Å². The minimum absolute atomic E-state index is 0.0951. The lowest BCUT2D eigenvalue weighted by Crippen LogP contribution is -2.57. The number of fused-ring (bicyclic) bond motifs is 2. The molecule has 2 unspecified atom stereocenters. The van der Waals surface area contributed by atoms with Crippen LogP contribution < -0.4 is 10.2 Å². The van der Waals surface area contributed by atoms with Crippen LogP contribution in [-0.2, 0) is 11.2 Å². The molecule has 1 fully saturated rings. The van der Waals surface area contributed by atoms with Crippen LogP contribution in [0.4, 0.5) is 10.5 Å². The largest absolute Gasteiger partial charge is 0.361 e. The van der Waals surface area contributed by atoms with E-state index in [1.807, 2.05) is 65.4 Å². The maximum Gasteiger partial charge on any atom is 0.318 e. The minimum atomic E-state index is -0.754. The molecule has 6 rings (SSSR count). The fourth-order valence-electron chi connectivity index (χ4n) is 7.14. The van der Waals surface area contributed by atoms with Crippen molar-refractivity contribution in [2.75, 3.05) is 45.2 Å². The summed E-state index contributed by atoms with van der Waals surface area (Å²) in [6.45, 7) is 4.79. The number of halogens is 1. The summed E-state index contributed by atoms with van der Waals surface area (Å²) in [4.78, 5) is 37.9. The van der Waals surface area contributed by atoms with Crippen molar-refractivity contribution in [2.24, 2.45) is 5.92 Å². The van der Waals surface area contributed by atoms with Gasteiger partial charge in [-0.1, -0.05) is 67.1 Å². The van der Waals surface area contributed by atoms with Gasteiger partial charge in [-0.15, -0.1) is 0 Å². The number of amides is 3. The number of aromatic nitrogens is 1. The van der Waals surface area contributed by atoms with E-state index < -0.39 is 6.04 Å². The summed E-state index contributed by atoms with van der Waals surface area (Å²) < 4.78 is 0. The molecule has 7 nitrogen and oxygen atoms in total. The van der Waals surface area contributed by atoms with Gasteiger partial charge in [0.05, 0.1) is 0 Å². The van der Waals surface area contributed by atoms with Crippen molar-refractivity contribution in [1.82, 2.24) is 20.1 Å². The highest BCUT2D eigenvalue weighted by molar-refractivity contribution is 6.30. The topological polar surface area (TPSA) is 71.7 Å². The molecule has 4 aromatic rings. The van der Waals surface area contributed by atoms with E-state index in [1.165, 1.54) is 5.56 Å². The van der Waals surface area contributed by atoms with E-state index in [0.717, 1.165) is 53.5 Å². The van der Waals surface area contributed by atoms with Crippen molar-refractivity contribution < 1.29 is 9.59 Å². The summed E-state index contributed by atoms with van der Waals surface area (Å²) >= 11 is 6.42. The van der Waals surface area contributed by atoms with Gasteiger partial charge in [-0.25, -0.2) is 4.79 Å². The van der Waals surface area contributed by atoms with Crippen molar-refractivity contribution in [2.45, 2.75) is 44.1 Å². The van der Waals surface area contributed by atoms with Crippen molar-refractivity contribution in [3.05, 3.63) is 101 Å². The van der Waals surface area contributed by atoms with Crippen molar-refractivity contribution in [3.8, 4) is 0 Å². The van der Waals surface area contributed by atoms with Crippen molar-refractivity contribution in [3.63, 3.8) is 0 Å². The number of H-pyrrole nitrogens is 1. The molecule has 230 valence electrons. The molecule has 0 radical (unpaired) electrons. The summed E-state index contributed by atoms with van der Waals surface area (Å²) in [6, 6.07) is 23.5. The number of benzene rings is 3. The molecule has 2 aliphatic rings. The van der Waals surface area contributed by atoms with E-state index in [9.17, 15) is 9.59 Å². The maximum absolute atomic E-state index is 14.7. The summed E-state index contributed by atoms with van der Waals surface area (Å²) in [5.74, 6) is 0.321. The zero-order chi connectivity index (χ0) is 30.8. The minimum Gasteiger partial charge on any atom is -0.361 e. The number of nitrogens with zero attached hydrogens (tertiary/aromatic N) is 3. The highest BCUT2D eigenvalue weighted by Crippen LogP contribution is 2.35. The SMILES string of the molecule is CC(c1c[nH]c2ccccc12)C(NC(=O)N1CCC(c2ccccc2)CC1)C(=O)N1C[C@@H](CN(C)C)Cc2cc(Cl)ccc21. The zero-order valence-corrected chi connectivity index (χ0v) is 26.6. The first kappa shape index (κ1) is 30.2. The molecule has 3 aromatic carbocycles. The van der Waals surface area contributed by atoms with E-state index in [2.05, 4.69) is 59.6 Å². The molecule has 1 saturated heterocycles. The summed E-state index contributed by atoms with van der Waals surface area (Å²) in [5.41, 5.74) is 5.30. The van der Waals surface area contributed by atoms with Crippen LogP contribution in [-0.4, -0.2) is 73.0 Å². The number of hydrogen-bond donors (Lipinski definition) is 2. The average Bonchev–Trinajstić information content (AvgIpc) is 3.47. The van der Waals surface area contributed by atoms with Gasteiger partial charge in [-0.05, 0) is 86.1 Å². The monoisotopic (exact) mass is 611 g/mol. The average molecular weight is 612 g/mol. The van der Waals surface area contributed by atoms with Crippen LogP contribution >= 0.6 is 11.6 Å². The molecular formula is C36H42ClN5O2. The van der Waals surface area contributed by atoms with Gasteiger partial charge >= 0.3 is 6.03 Å². The Balaban J connectivity index is 1.29. The molecular weight excluding hydrogens is 570 g/mol. The van der Waals surface area contributed by atoms with Crippen LogP contribution in [0, 0.1) is 5.92 Å². The fraction of sp³-hybridized carbons (Fsp3) is 0.389. The van der Waals surface area contributed by atoms with Gasteiger partial charge in [0.15, 0.2) is 0 Å². The molecule has 3 amide bonds. The number of carbonyl (C=O) groups excluding carboxylic acids is 2. The highest BCUT2D eigenvalue weighted by atomic mass is 35.5. The van der Waals surface area contributed by atoms with Crippen molar-refractivity contribution in [1.29, 1.82) is 0 Å². The second kappa shape index (κ2) is 13.0. The van der Waals surface area contributed by atoms with Gasteiger partial charge in [0.2, 0.25) is 5.91 Å². The van der Waals surface area contributed by atoms with Gasteiger partial charge in [0.1, 0.15) is 6.04 Å². The summed E-state index contributed by atoms with van der Waals surface area (Å²) in [7, 11) is 4.12. The second-order valence-electron chi connectivity index (χ2n) is 12.7. The zero-order valence-electron chi connectivity index (χ0n) is 25.8. The molecule has 8 heteroatoms. The number of urea groups is 1. The molecule has 0 saturated carbocycles. The van der Waals surface area contributed by atoms with Gasteiger partial charge in [-0.2, -0.15) is 0 Å². The number of rotatable bonds is 7. The molecule has 0 aliphatic carbocycles. The Morgan fingerprint density at radius 3 is 2.50 bits per heavy atom. The number of nitrogens with one attached hydrogen (secondary N) is 2. The molecule has 3 heterocycles. The number of aromatic amines is 1. The Hall–Kier alpha value is -3.81. The van der Waals surface area contributed by atoms with Gasteiger partial charge in [-0.3, -0.25) is 4.79 Å². The number of piperidine rings is 1. The number of anilines is 1. The summed E-state index contributed by atoms with van der Waals surface area (Å²) in [5, 5.41) is 4.96. The standard InChI is InChI=1S/C36H42ClN5O2/c1-24(31-21-38-32-12-8-7-11-30(31)32)34(39-36(44)41-17-15-27(16-18-41)26-9-5-4-6-10-26)35(43)42-23-25(22-40(2)3)19-28-20-29(37)13-14-33(28)42/h4-14,20-21,24-25,27,34,38H,15-19,22-23H2,1-3H3,(H,39,44)/t24?,25-,34?/m1/s1. The third-order valence-corrected chi connectivity index (χ3v) is 9.62. The molecule has 2 aliphatic heterocycles. The quantitative estimate of drug-likeness (QED) is 0.246. The molecule has 3 atom stereocenters. The van der Waals surface area contributed by atoms with E-state index in [4.69, 9.17) is 11.6 Å². The lowest BCUT2D eigenvalue weighted by molar-refractivity contribution is -0.121. The predicted molar refractivity (Wildman–Crippen MR) is 179 cm³/mol. The Morgan fingerprint density at radius 1 is 1.02 bits per heavy atom. The predicted octanol–water partition coefficient (Wildman–Crippen LogP) is 6.65. The van der Waals surface area contributed by atoms with Gasteiger partial charge in [0, 0.05) is 59.9 Å². The highest BCUT2D eigenvalue weighted by Gasteiger charge is 2.38. The van der Waals surface area contributed by atoms with Crippen LogP contribution in [0.5, 0.6) is 0 Å². The normalized spacial score (nSPS) is 18.7. The second-order valence-corrected chi connectivity index (χ2v) is 13.2. The smallest absolute Gasteiger partial charge is 0.318 e. The molecule has 0 bridgehead atoms. The van der Waals surface area contributed by atoms with Gasteiger partial charge in [0.25, 0.3) is 0 Å². The lowest BCUT2D eigenvalue weighted by Gasteiger charge is -2.39. The fourth-order valence-corrected chi connectivity index (χ4v) is 7.34. The van der Waals surface area contributed by atoms with E-state index in [0.29, 0.717) is 30.6 Å². The summed E-state index contributed by atoms with van der Waals surface area (Å²) in [6.07, 6.45) is 4.64. The Bertz CT molecular complexity index is 1610. The van der Waals surface area contributed by atoms with Crippen LogP contribution in [0.15, 0.2) is 79.0 Å². The van der Waals surface area contributed by atoms with Crippen LogP contribution in [0.25, 0.3) is 10.9 Å². The van der Waals surface area contributed by atoms with Crippen molar-refractivity contribution >= 4 is 40.1 Å². The lowest BCUT2D eigenvalue weighted by atomic mass is 9.88. The van der Waals surface area contributed by atoms with Crippen LogP contribution in [0.3, 0.4) is 0 Å². The number of likely N-dealkylation sites (tertiary alicyclic amines) is 1. The van der Waals surface area contributed by atoms with Crippen LogP contribution in [0.1, 0.15) is 48.3 Å². The van der Waals surface area contributed by atoms with Gasteiger partial charge < -0.3 is 25.0 Å². The first-order valence-corrected chi connectivity index (χ1v) is 16.1. The number of para-hydroxylation sites is 1. The molecule has 44 heavy (non-hydrogen) atoms. The molecule has 0 spiro atoms. The molecule has 1 aromatic heterocycles.